The summed E-state index contributed by atoms with van der Waals surface area (Å²) in [5.41, 5.74) is 2.33. The zero-order valence-electron chi connectivity index (χ0n) is 15.0. The van der Waals surface area contributed by atoms with Crippen molar-refractivity contribution in [3.8, 4) is 11.3 Å². The van der Waals surface area contributed by atoms with E-state index in [1.165, 1.54) is 11.1 Å². The van der Waals surface area contributed by atoms with Crippen LogP contribution in [0.15, 0.2) is 81.8 Å². The number of carboxylic acids is 1. The molecule has 0 saturated carbocycles. The maximum atomic E-state index is 12.8. The van der Waals surface area contributed by atoms with Crippen molar-refractivity contribution < 1.29 is 19.1 Å². The number of anilines is 1. The molecule has 2 aromatic carbocycles. The van der Waals surface area contributed by atoms with Crippen molar-refractivity contribution in [1.82, 2.24) is 0 Å². The number of furan rings is 1. The van der Waals surface area contributed by atoms with Gasteiger partial charge in [-0.05, 0) is 43.3 Å². The molecule has 0 aliphatic carbocycles. The second kappa shape index (κ2) is 7.00. The van der Waals surface area contributed by atoms with Crippen molar-refractivity contribution in [2.45, 2.75) is 6.92 Å². The fourth-order valence-electron chi connectivity index (χ4n) is 3.03. The van der Waals surface area contributed by atoms with Crippen LogP contribution in [0.25, 0.3) is 17.4 Å². The van der Waals surface area contributed by atoms with Gasteiger partial charge in [0.15, 0.2) is 0 Å². The number of benzene rings is 2. The van der Waals surface area contributed by atoms with Gasteiger partial charge in [0.2, 0.25) is 0 Å². The highest BCUT2D eigenvalue weighted by Gasteiger charge is 2.29. The third-order valence-electron chi connectivity index (χ3n) is 4.40. The highest BCUT2D eigenvalue weighted by atomic mass is 16.4. The number of rotatable bonds is 4. The minimum atomic E-state index is -1.03. The summed E-state index contributed by atoms with van der Waals surface area (Å²) in [6.07, 6.45) is 1.62. The first-order valence-electron chi connectivity index (χ1n) is 8.64. The van der Waals surface area contributed by atoms with Crippen LogP contribution in [-0.4, -0.2) is 22.7 Å². The number of aromatic carboxylic acids is 1. The Morgan fingerprint density at radius 2 is 1.75 bits per heavy atom. The molecule has 1 aliphatic heterocycles. The standard InChI is InChI=1S/C22H16N2O4/c1-14-19(21(25)24(23-14)15-7-3-2-4-8-15)13-16-11-12-20(28-16)17-9-5-6-10-18(17)22(26)27/h2-13H,1H3,(H,26,27). The van der Waals surface area contributed by atoms with Gasteiger partial charge in [-0.25, -0.2) is 4.79 Å². The molecule has 28 heavy (non-hydrogen) atoms. The van der Waals surface area contributed by atoms with Crippen molar-refractivity contribution >= 4 is 29.4 Å². The van der Waals surface area contributed by atoms with E-state index in [1.807, 2.05) is 30.3 Å². The SMILES string of the molecule is CC1=NN(c2ccccc2)C(=O)C1=Cc1ccc(-c2ccccc2C(=O)O)o1. The van der Waals surface area contributed by atoms with Crippen molar-refractivity contribution in [2.24, 2.45) is 5.10 Å². The maximum Gasteiger partial charge on any atom is 0.336 e. The van der Waals surface area contributed by atoms with Crippen LogP contribution in [0.1, 0.15) is 23.0 Å². The summed E-state index contributed by atoms with van der Waals surface area (Å²) >= 11 is 0. The molecule has 0 unspecified atom stereocenters. The Morgan fingerprint density at radius 1 is 1.04 bits per heavy atom. The molecule has 138 valence electrons. The molecule has 6 heteroatoms. The van der Waals surface area contributed by atoms with Crippen LogP contribution in [0.5, 0.6) is 0 Å². The summed E-state index contributed by atoms with van der Waals surface area (Å²) in [5.74, 6) is -0.403. The van der Waals surface area contributed by atoms with Crippen LogP contribution in [-0.2, 0) is 4.79 Å². The predicted octanol–water partition coefficient (Wildman–Crippen LogP) is 4.45. The second-order valence-electron chi connectivity index (χ2n) is 6.25. The highest BCUT2D eigenvalue weighted by molar-refractivity contribution is 6.32. The van der Waals surface area contributed by atoms with Gasteiger partial charge in [-0.3, -0.25) is 4.79 Å². The molecule has 4 rings (SSSR count). The van der Waals surface area contributed by atoms with E-state index in [9.17, 15) is 14.7 Å². The predicted molar refractivity (Wildman–Crippen MR) is 106 cm³/mol. The van der Waals surface area contributed by atoms with Crippen molar-refractivity contribution in [1.29, 1.82) is 0 Å². The van der Waals surface area contributed by atoms with Crippen LogP contribution >= 0.6 is 0 Å². The quantitative estimate of drug-likeness (QED) is 0.686. The molecule has 0 radical (unpaired) electrons. The highest BCUT2D eigenvalue weighted by Crippen LogP contribution is 2.29. The molecule has 6 nitrogen and oxygen atoms in total. The monoisotopic (exact) mass is 372 g/mol. The van der Waals surface area contributed by atoms with Crippen LogP contribution in [0.4, 0.5) is 5.69 Å². The van der Waals surface area contributed by atoms with Gasteiger partial charge in [0.1, 0.15) is 11.5 Å². The van der Waals surface area contributed by atoms with Crippen LogP contribution < -0.4 is 5.01 Å². The average Bonchev–Trinajstić information content (AvgIpc) is 3.29. The van der Waals surface area contributed by atoms with Gasteiger partial charge in [-0.15, -0.1) is 0 Å². The number of hydrogen-bond donors (Lipinski definition) is 1. The minimum Gasteiger partial charge on any atom is -0.478 e. The van der Waals surface area contributed by atoms with E-state index < -0.39 is 5.97 Å². The van der Waals surface area contributed by atoms with E-state index in [-0.39, 0.29) is 11.5 Å². The first-order chi connectivity index (χ1) is 13.5. The molecule has 1 N–H and O–H groups in total. The molecule has 1 aliphatic rings. The lowest BCUT2D eigenvalue weighted by Crippen LogP contribution is -2.21. The minimum absolute atomic E-state index is 0.154. The molecule has 0 atom stereocenters. The molecule has 1 aromatic heterocycles. The lowest BCUT2D eigenvalue weighted by atomic mass is 10.1. The lowest BCUT2D eigenvalue weighted by molar-refractivity contribution is -0.114. The van der Waals surface area contributed by atoms with Gasteiger partial charge in [-0.1, -0.05) is 36.4 Å². The molecular formula is C22H16N2O4. The van der Waals surface area contributed by atoms with E-state index in [2.05, 4.69) is 5.10 Å². The van der Waals surface area contributed by atoms with Gasteiger partial charge in [0, 0.05) is 5.56 Å². The zero-order chi connectivity index (χ0) is 19.7. The van der Waals surface area contributed by atoms with E-state index in [1.54, 1.807) is 43.3 Å². The van der Waals surface area contributed by atoms with Gasteiger partial charge < -0.3 is 9.52 Å². The number of nitrogens with zero attached hydrogens (tertiary/aromatic N) is 2. The molecule has 0 spiro atoms. The molecule has 0 saturated heterocycles. The molecule has 2 heterocycles. The van der Waals surface area contributed by atoms with Crippen LogP contribution in [0, 0.1) is 0 Å². The summed E-state index contributed by atoms with van der Waals surface area (Å²) < 4.78 is 5.79. The molecule has 0 bridgehead atoms. The first kappa shape index (κ1) is 17.5. The third kappa shape index (κ3) is 3.12. The number of carbonyl (C=O) groups excluding carboxylic acids is 1. The average molecular weight is 372 g/mol. The van der Waals surface area contributed by atoms with E-state index >= 15 is 0 Å². The number of amides is 1. The smallest absolute Gasteiger partial charge is 0.336 e. The largest absolute Gasteiger partial charge is 0.478 e. The van der Waals surface area contributed by atoms with Gasteiger partial charge >= 0.3 is 5.97 Å². The molecule has 3 aromatic rings. The summed E-state index contributed by atoms with van der Waals surface area (Å²) in [6, 6.07) is 19.2. The number of hydrogen-bond acceptors (Lipinski definition) is 4. The molecule has 1 amide bonds. The third-order valence-corrected chi connectivity index (χ3v) is 4.40. The van der Waals surface area contributed by atoms with E-state index in [4.69, 9.17) is 4.42 Å². The second-order valence-corrected chi connectivity index (χ2v) is 6.25. The summed E-state index contributed by atoms with van der Waals surface area (Å²) in [7, 11) is 0. The Hall–Kier alpha value is -3.93. The summed E-state index contributed by atoms with van der Waals surface area (Å²) in [5, 5.41) is 15.0. The maximum absolute atomic E-state index is 12.8. The lowest BCUT2D eigenvalue weighted by Gasteiger charge is -2.10. The van der Waals surface area contributed by atoms with E-state index in [0.29, 0.717) is 34.1 Å². The van der Waals surface area contributed by atoms with Gasteiger partial charge in [0.25, 0.3) is 5.91 Å². The topological polar surface area (TPSA) is 83.1 Å². The number of carbonyl (C=O) groups is 2. The van der Waals surface area contributed by atoms with Crippen LogP contribution in [0.3, 0.4) is 0 Å². The summed E-state index contributed by atoms with van der Waals surface area (Å²) in [4.78, 5) is 24.2. The van der Waals surface area contributed by atoms with E-state index in [0.717, 1.165) is 0 Å². The Labute approximate surface area is 161 Å². The Balaban J connectivity index is 1.66. The molecule has 0 fully saturated rings. The fraction of sp³-hybridized carbons (Fsp3) is 0.0455. The Kier molecular flexibility index (Phi) is 4.37. The van der Waals surface area contributed by atoms with Crippen molar-refractivity contribution in [2.75, 3.05) is 5.01 Å². The van der Waals surface area contributed by atoms with Gasteiger partial charge in [0.05, 0.1) is 22.5 Å². The normalized spacial score (nSPS) is 15.2. The van der Waals surface area contributed by atoms with Crippen molar-refractivity contribution in [3.05, 3.63) is 83.6 Å². The summed E-state index contributed by atoms with van der Waals surface area (Å²) in [6.45, 7) is 1.76. The zero-order valence-corrected chi connectivity index (χ0v) is 15.0. The van der Waals surface area contributed by atoms with Crippen molar-refractivity contribution in [3.63, 3.8) is 0 Å². The fourth-order valence-corrected chi connectivity index (χ4v) is 3.03. The molecular weight excluding hydrogens is 356 g/mol. The number of para-hydroxylation sites is 1. The van der Waals surface area contributed by atoms with Gasteiger partial charge in [-0.2, -0.15) is 10.1 Å². The van der Waals surface area contributed by atoms with Crippen LogP contribution in [0.2, 0.25) is 0 Å². The number of carboxylic acid groups (broad SMARTS) is 1. The Bertz CT molecular complexity index is 1130. The number of hydrazone groups is 1. The Morgan fingerprint density at radius 3 is 2.50 bits per heavy atom. The first-order valence-corrected chi connectivity index (χ1v) is 8.64.